The zero-order valence-electron chi connectivity index (χ0n) is 15.2. The normalized spacial score (nSPS) is 18.2. The Balaban J connectivity index is 1.48. The van der Waals surface area contributed by atoms with Crippen molar-refractivity contribution in [2.45, 2.75) is 12.6 Å². The van der Waals surface area contributed by atoms with Crippen LogP contribution >= 0.6 is 0 Å². The molecule has 1 atom stereocenters. The quantitative estimate of drug-likeness (QED) is 0.738. The van der Waals surface area contributed by atoms with Gasteiger partial charge in [0.05, 0.1) is 19.4 Å². The van der Waals surface area contributed by atoms with Gasteiger partial charge in [-0.1, -0.05) is 6.07 Å². The fourth-order valence-electron chi connectivity index (χ4n) is 3.42. The molecule has 0 aliphatic carbocycles. The number of hydrogen-bond acceptors (Lipinski definition) is 5. The first-order chi connectivity index (χ1) is 12.7. The molecule has 1 saturated heterocycles. The minimum atomic E-state index is 0.00141. The van der Waals surface area contributed by atoms with E-state index in [-0.39, 0.29) is 6.10 Å². The third-order valence-electron chi connectivity index (χ3n) is 4.78. The molecule has 1 aliphatic heterocycles. The molecular formula is C20H24N4O2. The second-order valence-corrected chi connectivity index (χ2v) is 6.54. The number of H-pyrrole nitrogens is 1. The Bertz CT molecular complexity index is 892. The van der Waals surface area contributed by atoms with Crippen LogP contribution in [0.25, 0.3) is 10.9 Å². The third-order valence-corrected chi connectivity index (χ3v) is 4.78. The van der Waals surface area contributed by atoms with Crippen LogP contribution in [0.3, 0.4) is 0 Å². The molecule has 1 unspecified atom stereocenters. The van der Waals surface area contributed by atoms with Crippen molar-refractivity contribution in [3.63, 3.8) is 0 Å². The summed E-state index contributed by atoms with van der Waals surface area (Å²) in [6.07, 6.45) is 0.00141. The van der Waals surface area contributed by atoms with Crippen LogP contribution < -0.4 is 10.1 Å². The number of hydrogen-bond donors (Lipinski definition) is 2. The first-order valence-corrected chi connectivity index (χ1v) is 8.89. The van der Waals surface area contributed by atoms with E-state index in [1.165, 1.54) is 11.1 Å². The minimum absolute atomic E-state index is 0.00141. The van der Waals surface area contributed by atoms with Crippen molar-refractivity contribution in [1.82, 2.24) is 14.9 Å². The highest BCUT2D eigenvalue weighted by Crippen LogP contribution is 2.25. The number of ether oxygens (including phenoxy) is 2. The number of fused-ring (bicyclic) bond motifs is 1. The summed E-state index contributed by atoms with van der Waals surface area (Å²) < 4.78 is 11.3. The second kappa shape index (κ2) is 7.35. The van der Waals surface area contributed by atoms with Gasteiger partial charge in [0.25, 0.3) is 0 Å². The van der Waals surface area contributed by atoms with Crippen molar-refractivity contribution in [2.24, 2.45) is 0 Å². The summed E-state index contributed by atoms with van der Waals surface area (Å²) in [7, 11) is 3.57. The first-order valence-electron chi connectivity index (χ1n) is 8.89. The maximum absolute atomic E-state index is 5.96. The maximum Gasteiger partial charge on any atom is 0.126 e. The zero-order chi connectivity index (χ0) is 17.9. The second-order valence-electron chi connectivity index (χ2n) is 6.54. The Morgan fingerprint density at radius 2 is 2.23 bits per heavy atom. The molecule has 3 heterocycles. The van der Waals surface area contributed by atoms with Crippen molar-refractivity contribution in [3.8, 4) is 5.75 Å². The summed E-state index contributed by atoms with van der Waals surface area (Å²) in [5, 5.41) is 4.26. The van der Waals surface area contributed by atoms with E-state index in [2.05, 4.69) is 38.4 Å². The van der Waals surface area contributed by atoms with Gasteiger partial charge < -0.3 is 19.8 Å². The topological polar surface area (TPSA) is 62.4 Å². The van der Waals surface area contributed by atoms with Crippen LogP contribution in [-0.2, 0) is 11.3 Å². The summed E-state index contributed by atoms with van der Waals surface area (Å²) in [6.45, 7) is 3.33. The van der Waals surface area contributed by atoms with Crippen molar-refractivity contribution < 1.29 is 9.47 Å². The van der Waals surface area contributed by atoms with Gasteiger partial charge in [0, 0.05) is 43.3 Å². The number of methoxy groups -OCH3 is 1. The molecule has 4 rings (SSSR count). The number of anilines is 1. The average Bonchev–Trinajstić information content (AvgIpc) is 3.09. The largest absolute Gasteiger partial charge is 0.497 e. The van der Waals surface area contributed by atoms with Crippen LogP contribution in [0, 0.1) is 0 Å². The molecule has 1 aromatic carbocycles. The number of nitrogens with one attached hydrogen (secondary N) is 2. The number of morpholine rings is 1. The predicted molar refractivity (Wildman–Crippen MR) is 103 cm³/mol. The summed E-state index contributed by atoms with van der Waals surface area (Å²) >= 11 is 0. The average molecular weight is 352 g/mol. The van der Waals surface area contributed by atoms with Gasteiger partial charge in [-0.3, -0.25) is 4.90 Å². The highest BCUT2D eigenvalue weighted by Gasteiger charge is 2.23. The van der Waals surface area contributed by atoms with Crippen LogP contribution in [0.15, 0.2) is 42.5 Å². The molecule has 6 heteroatoms. The molecule has 2 aromatic heterocycles. The summed E-state index contributed by atoms with van der Waals surface area (Å²) in [6, 6.07) is 14.3. The Kier molecular flexibility index (Phi) is 4.77. The van der Waals surface area contributed by atoms with Crippen LogP contribution in [0.4, 0.5) is 5.82 Å². The molecule has 1 aliphatic rings. The van der Waals surface area contributed by atoms with E-state index in [1.807, 2.05) is 31.3 Å². The van der Waals surface area contributed by atoms with Crippen molar-refractivity contribution in [1.29, 1.82) is 0 Å². The molecule has 0 radical (unpaired) electrons. The maximum atomic E-state index is 5.96. The summed E-state index contributed by atoms with van der Waals surface area (Å²) in [4.78, 5) is 10.5. The molecular weight excluding hydrogens is 328 g/mol. The highest BCUT2D eigenvalue weighted by atomic mass is 16.5. The Morgan fingerprint density at radius 3 is 3.08 bits per heavy atom. The van der Waals surface area contributed by atoms with Crippen molar-refractivity contribution in [2.75, 3.05) is 39.2 Å². The lowest BCUT2D eigenvalue weighted by molar-refractivity contribution is -0.0352. The van der Waals surface area contributed by atoms with Gasteiger partial charge in [0.1, 0.15) is 17.7 Å². The number of nitrogens with zero attached hydrogens (tertiary/aromatic N) is 2. The number of aromatic amines is 1. The van der Waals surface area contributed by atoms with Crippen LogP contribution in [0.5, 0.6) is 5.75 Å². The predicted octanol–water partition coefficient (Wildman–Crippen LogP) is 3.19. The highest BCUT2D eigenvalue weighted by molar-refractivity contribution is 5.81. The van der Waals surface area contributed by atoms with Crippen LogP contribution in [-0.4, -0.2) is 48.7 Å². The SMILES string of the molecule is CNc1cccc(C2CN(Cc3cc4cc(OC)ccc4[nH]3)CCO2)n1. The Morgan fingerprint density at radius 1 is 1.31 bits per heavy atom. The molecule has 26 heavy (non-hydrogen) atoms. The number of rotatable bonds is 5. The smallest absolute Gasteiger partial charge is 0.126 e. The van der Waals surface area contributed by atoms with Gasteiger partial charge in [-0.15, -0.1) is 0 Å². The van der Waals surface area contributed by atoms with E-state index in [9.17, 15) is 0 Å². The van der Waals surface area contributed by atoms with E-state index >= 15 is 0 Å². The fraction of sp³-hybridized carbons (Fsp3) is 0.350. The Labute approximate surface area is 153 Å². The van der Waals surface area contributed by atoms with E-state index in [0.717, 1.165) is 42.4 Å². The van der Waals surface area contributed by atoms with Crippen molar-refractivity contribution in [3.05, 3.63) is 53.9 Å². The van der Waals surface area contributed by atoms with Crippen LogP contribution in [0.2, 0.25) is 0 Å². The lowest BCUT2D eigenvalue weighted by Gasteiger charge is -2.32. The van der Waals surface area contributed by atoms with Crippen molar-refractivity contribution >= 4 is 16.7 Å². The molecule has 136 valence electrons. The number of aromatic nitrogens is 2. The van der Waals surface area contributed by atoms with Gasteiger partial charge in [-0.05, 0) is 36.4 Å². The minimum Gasteiger partial charge on any atom is -0.497 e. The van der Waals surface area contributed by atoms with Gasteiger partial charge in [0.2, 0.25) is 0 Å². The van der Waals surface area contributed by atoms with Gasteiger partial charge >= 0.3 is 0 Å². The summed E-state index contributed by atoms with van der Waals surface area (Å²) in [5.41, 5.74) is 3.31. The number of pyridine rings is 1. The lowest BCUT2D eigenvalue weighted by Crippen LogP contribution is -2.38. The van der Waals surface area contributed by atoms with E-state index in [1.54, 1.807) is 7.11 Å². The van der Waals surface area contributed by atoms with Gasteiger partial charge in [-0.2, -0.15) is 0 Å². The molecule has 0 amide bonds. The van der Waals surface area contributed by atoms with Crippen LogP contribution in [0.1, 0.15) is 17.5 Å². The molecule has 2 N–H and O–H groups in total. The fourth-order valence-corrected chi connectivity index (χ4v) is 3.42. The Hall–Kier alpha value is -2.57. The molecule has 6 nitrogen and oxygen atoms in total. The monoisotopic (exact) mass is 352 g/mol. The zero-order valence-corrected chi connectivity index (χ0v) is 15.2. The van der Waals surface area contributed by atoms with E-state index in [4.69, 9.17) is 9.47 Å². The summed E-state index contributed by atoms with van der Waals surface area (Å²) in [5.74, 6) is 1.75. The lowest BCUT2D eigenvalue weighted by atomic mass is 10.1. The molecule has 1 fully saturated rings. The molecule has 0 saturated carbocycles. The van der Waals surface area contributed by atoms with Gasteiger partial charge in [-0.25, -0.2) is 4.98 Å². The number of benzene rings is 1. The molecule has 3 aromatic rings. The first kappa shape index (κ1) is 16.9. The van der Waals surface area contributed by atoms with E-state index in [0.29, 0.717) is 6.61 Å². The van der Waals surface area contributed by atoms with E-state index < -0.39 is 0 Å². The standard InChI is InChI=1S/C20H24N4O2/c1-21-20-5-3-4-18(23-20)19-13-24(8-9-26-19)12-15-10-14-11-16(25-2)6-7-17(14)22-15/h3-7,10-11,19,22H,8-9,12-13H2,1-2H3,(H,21,23). The molecule has 0 bridgehead atoms. The van der Waals surface area contributed by atoms with Gasteiger partial charge in [0.15, 0.2) is 0 Å². The third kappa shape index (κ3) is 3.52. The molecule has 0 spiro atoms.